The van der Waals surface area contributed by atoms with Crippen LogP contribution < -0.4 is 10.5 Å². The van der Waals surface area contributed by atoms with Crippen molar-refractivity contribution in [2.75, 3.05) is 13.2 Å². The van der Waals surface area contributed by atoms with Gasteiger partial charge in [0.15, 0.2) is 12.4 Å². The van der Waals surface area contributed by atoms with E-state index >= 15 is 0 Å². The van der Waals surface area contributed by atoms with Crippen molar-refractivity contribution in [1.29, 1.82) is 0 Å². The van der Waals surface area contributed by atoms with Gasteiger partial charge in [0.2, 0.25) is 0 Å². The number of esters is 1. The second kappa shape index (κ2) is 8.49. The van der Waals surface area contributed by atoms with Crippen molar-refractivity contribution in [1.82, 2.24) is 0 Å². The number of phenolic OH excluding ortho intramolecular Hbond substituents is 1. The van der Waals surface area contributed by atoms with E-state index in [1.54, 1.807) is 31.2 Å². The number of carbonyl (C=O) groups excluding carboxylic acids is 2. The first-order valence-corrected chi connectivity index (χ1v) is 8.34. The minimum Gasteiger partial charge on any atom is -0.508 e. The predicted octanol–water partition coefficient (Wildman–Crippen LogP) is 2.64. The lowest BCUT2D eigenvalue weighted by Gasteiger charge is -2.14. The molecule has 0 spiro atoms. The van der Waals surface area contributed by atoms with Crippen molar-refractivity contribution in [2.24, 2.45) is 5.73 Å². The zero-order valence-corrected chi connectivity index (χ0v) is 15.2. The summed E-state index contributed by atoms with van der Waals surface area (Å²) in [6.07, 6.45) is 0. The summed E-state index contributed by atoms with van der Waals surface area (Å²) in [5, 5.41) is 9.72. The van der Waals surface area contributed by atoms with E-state index in [4.69, 9.17) is 15.2 Å². The lowest BCUT2D eigenvalue weighted by atomic mass is 9.94. The van der Waals surface area contributed by atoms with Gasteiger partial charge in [-0.1, -0.05) is 0 Å². The third-order valence-corrected chi connectivity index (χ3v) is 4.19. The monoisotopic (exact) mass is 357 g/mol. The maximum absolute atomic E-state index is 12.8. The minimum absolute atomic E-state index is 0.0691. The molecule has 6 nitrogen and oxygen atoms in total. The van der Waals surface area contributed by atoms with E-state index in [1.165, 1.54) is 6.07 Å². The van der Waals surface area contributed by atoms with Crippen molar-refractivity contribution >= 4 is 11.8 Å². The van der Waals surface area contributed by atoms with Crippen molar-refractivity contribution in [3.05, 3.63) is 58.1 Å². The van der Waals surface area contributed by atoms with Crippen LogP contribution in [-0.2, 0) is 16.1 Å². The molecular formula is C20H23NO5. The number of hydrogen-bond acceptors (Lipinski definition) is 6. The van der Waals surface area contributed by atoms with Crippen LogP contribution in [0.4, 0.5) is 0 Å². The van der Waals surface area contributed by atoms with Gasteiger partial charge >= 0.3 is 5.97 Å². The standard InChI is InChI=1S/C20H23NO5/c1-4-25-19(23)11-26-18-8-6-16(12(2)13(18)3)20(24)14-5-7-17(22)15(9-14)10-21/h5-9,22H,4,10-11,21H2,1-3H3. The molecule has 0 aliphatic heterocycles. The molecule has 138 valence electrons. The lowest BCUT2D eigenvalue weighted by molar-refractivity contribution is -0.145. The SMILES string of the molecule is CCOC(=O)COc1ccc(C(=O)c2ccc(O)c(CN)c2)c(C)c1C. The molecule has 0 unspecified atom stereocenters. The highest BCUT2D eigenvalue weighted by Crippen LogP contribution is 2.27. The molecule has 0 saturated carbocycles. The molecular weight excluding hydrogens is 334 g/mol. The first-order chi connectivity index (χ1) is 12.4. The number of rotatable bonds is 7. The third-order valence-electron chi connectivity index (χ3n) is 4.19. The van der Waals surface area contributed by atoms with E-state index in [0.29, 0.717) is 29.0 Å². The van der Waals surface area contributed by atoms with Gasteiger partial charge in [-0.3, -0.25) is 4.79 Å². The van der Waals surface area contributed by atoms with Gasteiger partial charge in [-0.15, -0.1) is 0 Å². The summed E-state index contributed by atoms with van der Waals surface area (Å²) in [5.74, 6) is -0.0134. The minimum atomic E-state index is -0.442. The number of aromatic hydroxyl groups is 1. The Bertz CT molecular complexity index is 829. The highest BCUT2D eigenvalue weighted by Gasteiger charge is 2.17. The molecule has 0 aliphatic rings. The smallest absolute Gasteiger partial charge is 0.344 e. The normalized spacial score (nSPS) is 10.5. The fourth-order valence-corrected chi connectivity index (χ4v) is 2.58. The summed E-state index contributed by atoms with van der Waals surface area (Å²) in [5.41, 5.74) is 8.62. The fraction of sp³-hybridized carbons (Fsp3) is 0.300. The van der Waals surface area contributed by atoms with Gasteiger partial charge in [0, 0.05) is 23.2 Å². The molecule has 0 aromatic heterocycles. The summed E-state index contributed by atoms with van der Waals surface area (Å²) in [7, 11) is 0. The Morgan fingerprint density at radius 2 is 1.85 bits per heavy atom. The van der Waals surface area contributed by atoms with Crippen LogP contribution in [0.15, 0.2) is 30.3 Å². The summed E-state index contributed by atoms with van der Waals surface area (Å²) >= 11 is 0. The molecule has 3 N–H and O–H groups in total. The van der Waals surface area contributed by atoms with Crippen molar-refractivity contribution in [3.8, 4) is 11.5 Å². The van der Waals surface area contributed by atoms with Crippen molar-refractivity contribution in [3.63, 3.8) is 0 Å². The number of phenols is 1. The fourth-order valence-electron chi connectivity index (χ4n) is 2.58. The van der Waals surface area contributed by atoms with Crippen molar-refractivity contribution < 1.29 is 24.2 Å². The van der Waals surface area contributed by atoms with E-state index in [0.717, 1.165) is 11.1 Å². The molecule has 6 heteroatoms. The molecule has 2 aromatic rings. The van der Waals surface area contributed by atoms with Crippen LogP contribution >= 0.6 is 0 Å². The summed E-state index contributed by atoms with van der Waals surface area (Å²) < 4.78 is 10.3. The Labute approximate surface area is 152 Å². The molecule has 0 saturated heterocycles. The van der Waals surface area contributed by atoms with Gasteiger partial charge in [-0.05, 0) is 62.2 Å². The Morgan fingerprint density at radius 1 is 1.12 bits per heavy atom. The van der Waals surface area contributed by atoms with Gasteiger partial charge in [-0.25, -0.2) is 4.79 Å². The molecule has 26 heavy (non-hydrogen) atoms. The molecule has 2 aromatic carbocycles. The first kappa shape index (κ1) is 19.5. The molecule has 2 rings (SSSR count). The molecule has 0 bridgehead atoms. The number of ether oxygens (including phenoxy) is 2. The largest absolute Gasteiger partial charge is 0.508 e. The van der Waals surface area contributed by atoms with E-state index in [2.05, 4.69) is 0 Å². The topological polar surface area (TPSA) is 98.8 Å². The molecule has 0 amide bonds. The molecule has 0 radical (unpaired) electrons. The summed E-state index contributed by atoms with van der Waals surface area (Å²) in [6, 6.07) is 7.96. The average molecular weight is 357 g/mol. The summed E-state index contributed by atoms with van der Waals surface area (Å²) in [6.45, 7) is 5.64. The van der Waals surface area contributed by atoms with Crippen LogP contribution in [0.3, 0.4) is 0 Å². The lowest BCUT2D eigenvalue weighted by Crippen LogP contribution is -2.15. The Morgan fingerprint density at radius 3 is 2.50 bits per heavy atom. The van der Waals surface area contributed by atoms with Crippen LogP contribution in [0.1, 0.15) is 39.5 Å². The second-order valence-corrected chi connectivity index (χ2v) is 5.83. The molecule has 0 aliphatic carbocycles. The maximum Gasteiger partial charge on any atom is 0.344 e. The zero-order chi connectivity index (χ0) is 19.3. The highest BCUT2D eigenvalue weighted by molar-refractivity contribution is 6.10. The van der Waals surface area contributed by atoms with Crippen LogP contribution in [0.5, 0.6) is 11.5 Å². The van der Waals surface area contributed by atoms with Gasteiger partial charge in [-0.2, -0.15) is 0 Å². The molecule has 0 heterocycles. The van der Waals surface area contributed by atoms with Crippen LogP contribution in [-0.4, -0.2) is 30.1 Å². The van der Waals surface area contributed by atoms with E-state index in [-0.39, 0.29) is 24.7 Å². The van der Waals surface area contributed by atoms with Crippen molar-refractivity contribution in [2.45, 2.75) is 27.3 Å². The average Bonchev–Trinajstić information content (AvgIpc) is 2.63. The number of hydrogen-bond donors (Lipinski definition) is 2. The Balaban J connectivity index is 2.26. The Hall–Kier alpha value is -2.86. The van der Waals surface area contributed by atoms with Crippen LogP contribution in [0, 0.1) is 13.8 Å². The number of ketones is 1. The second-order valence-electron chi connectivity index (χ2n) is 5.83. The summed E-state index contributed by atoms with van der Waals surface area (Å²) in [4.78, 5) is 24.3. The van der Waals surface area contributed by atoms with Gasteiger partial charge in [0.25, 0.3) is 0 Å². The Kier molecular flexibility index (Phi) is 6.36. The highest BCUT2D eigenvalue weighted by atomic mass is 16.6. The van der Waals surface area contributed by atoms with E-state index < -0.39 is 5.97 Å². The molecule has 0 atom stereocenters. The van der Waals surface area contributed by atoms with Gasteiger partial charge in [0.05, 0.1) is 6.61 Å². The van der Waals surface area contributed by atoms with Crippen LogP contribution in [0.2, 0.25) is 0 Å². The zero-order valence-electron chi connectivity index (χ0n) is 15.2. The predicted molar refractivity (Wildman–Crippen MR) is 97.5 cm³/mol. The quantitative estimate of drug-likeness (QED) is 0.584. The maximum atomic E-state index is 12.8. The number of benzene rings is 2. The number of carbonyl (C=O) groups is 2. The van der Waals surface area contributed by atoms with Gasteiger partial charge in [0.1, 0.15) is 11.5 Å². The van der Waals surface area contributed by atoms with E-state index in [9.17, 15) is 14.7 Å². The third kappa shape index (κ3) is 4.21. The molecule has 0 fully saturated rings. The van der Waals surface area contributed by atoms with E-state index in [1.807, 2.05) is 13.8 Å². The van der Waals surface area contributed by atoms with Crippen LogP contribution in [0.25, 0.3) is 0 Å². The van der Waals surface area contributed by atoms with Gasteiger partial charge < -0.3 is 20.3 Å². The first-order valence-electron chi connectivity index (χ1n) is 8.34. The number of nitrogens with two attached hydrogens (primary N) is 1.